The van der Waals surface area contributed by atoms with Crippen LogP contribution in [0.5, 0.6) is 0 Å². The molecule has 0 aromatic heterocycles. The van der Waals surface area contributed by atoms with Crippen molar-refractivity contribution >= 4 is 57.3 Å². The smallest absolute Gasteiger partial charge is 0.183 e. The summed E-state index contributed by atoms with van der Waals surface area (Å²) < 4.78 is 0. The molecule has 94 valence electrons. The Morgan fingerprint density at radius 1 is 1.33 bits per heavy atom. The van der Waals surface area contributed by atoms with Crippen molar-refractivity contribution in [2.75, 3.05) is 6.26 Å². The van der Waals surface area contributed by atoms with Crippen LogP contribution in [0.15, 0.2) is 17.1 Å². The van der Waals surface area contributed by atoms with Crippen LogP contribution in [-0.4, -0.2) is 22.9 Å². The molecule has 0 N–H and O–H groups in total. The van der Waals surface area contributed by atoms with Crippen molar-refractivity contribution in [3.63, 3.8) is 0 Å². The van der Waals surface area contributed by atoms with Gasteiger partial charge < -0.3 is 0 Å². The zero-order chi connectivity index (χ0) is 13.4. The number of nitrogens with zero attached hydrogens (tertiary/aromatic N) is 1. The SMILES string of the molecule is CSC1=Nc2c(Cl)ccc(Cl)c2C(=O)C1C(C)=O. The van der Waals surface area contributed by atoms with Crippen LogP contribution < -0.4 is 0 Å². The monoisotopic (exact) mass is 301 g/mol. The molecule has 1 aromatic carbocycles. The number of fused-ring (bicyclic) bond motifs is 1. The summed E-state index contributed by atoms with van der Waals surface area (Å²) >= 11 is 13.3. The number of hydrogen-bond acceptors (Lipinski definition) is 4. The number of carbonyl (C=O) groups excluding carboxylic acids is 2. The molecule has 3 nitrogen and oxygen atoms in total. The molecule has 1 aromatic rings. The van der Waals surface area contributed by atoms with Gasteiger partial charge in [0.05, 0.1) is 26.3 Å². The highest BCUT2D eigenvalue weighted by molar-refractivity contribution is 8.13. The Labute approximate surface area is 119 Å². The van der Waals surface area contributed by atoms with E-state index in [4.69, 9.17) is 23.2 Å². The summed E-state index contributed by atoms with van der Waals surface area (Å²) in [5, 5.41) is 1.09. The van der Waals surface area contributed by atoms with Crippen molar-refractivity contribution in [2.45, 2.75) is 6.92 Å². The number of Topliss-reactive ketones (excluding diaryl/α,β-unsaturated/α-hetero) is 2. The maximum Gasteiger partial charge on any atom is 0.183 e. The van der Waals surface area contributed by atoms with E-state index in [2.05, 4.69) is 4.99 Å². The fourth-order valence-electron chi connectivity index (χ4n) is 1.84. The fraction of sp³-hybridized carbons (Fsp3) is 0.250. The number of benzene rings is 1. The van der Waals surface area contributed by atoms with E-state index in [0.717, 1.165) is 0 Å². The molecule has 0 saturated heterocycles. The van der Waals surface area contributed by atoms with Gasteiger partial charge in [0.25, 0.3) is 0 Å². The quantitative estimate of drug-likeness (QED) is 0.741. The molecule has 1 aliphatic rings. The molecule has 0 aliphatic carbocycles. The Morgan fingerprint density at radius 2 is 1.94 bits per heavy atom. The predicted octanol–water partition coefficient (Wildman–Crippen LogP) is 3.79. The average Bonchev–Trinajstić information content (AvgIpc) is 2.32. The molecule has 1 heterocycles. The van der Waals surface area contributed by atoms with Gasteiger partial charge in [0.15, 0.2) is 5.78 Å². The van der Waals surface area contributed by atoms with Gasteiger partial charge in [0.2, 0.25) is 0 Å². The van der Waals surface area contributed by atoms with Crippen molar-refractivity contribution in [2.24, 2.45) is 10.9 Å². The zero-order valence-electron chi connectivity index (χ0n) is 9.66. The van der Waals surface area contributed by atoms with Crippen LogP contribution in [0.4, 0.5) is 5.69 Å². The molecular formula is C12H9Cl2NO2S. The van der Waals surface area contributed by atoms with Gasteiger partial charge in [-0.3, -0.25) is 9.59 Å². The lowest BCUT2D eigenvalue weighted by molar-refractivity contribution is -0.117. The first-order valence-electron chi connectivity index (χ1n) is 5.12. The second-order valence-corrected chi connectivity index (χ2v) is 5.46. The van der Waals surface area contributed by atoms with E-state index in [1.54, 1.807) is 12.3 Å². The van der Waals surface area contributed by atoms with Crippen LogP contribution in [0.2, 0.25) is 10.0 Å². The Kier molecular flexibility index (Phi) is 3.80. The largest absolute Gasteiger partial charge is 0.299 e. The van der Waals surface area contributed by atoms with Crippen LogP contribution in [0.3, 0.4) is 0 Å². The van der Waals surface area contributed by atoms with E-state index in [0.29, 0.717) is 15.8 Å². The number of hydrogen-bond donors (Lipinski definition) is 0. The summed E-state index contributed by atoms with van der Waals surface area (Å²) in [6, 6.07) is 3.13. The van der Waals surface area contributed by atoms with Crippen molar-refractivity contribution in [3.05, 3.63) is 27.7 Å². The minimum atomic E-state index is -0.858. The summed E-state index contributed by atoms with van der Waals surface area (Å²) in [6.45, 7) is 1.37. The minimum absolute atomic E-state index is 0.238. The Hall–Kier alpha value is -0.840. The van der Waals surface area contributed by atoms with Crippen LogP contribution in [-0.2, 0) is 4.79 Å². The first-order chi connectivity index (χ1) is 8.47. The highest BCUT2D eigenvalue weighted by atomic mass is 35.5. The first-order valence-corrected chi connectivity index (χ1v) is 7.10. The van der Waals surface area contributed by atoms with Gasteiger partial charge in [0.1, 0.15) is 11.7 Å². The summed E-state index contributed by atoms with van der Waals surface area (Å²) in [5.41, 5.74) is 0.596. The molecule has 6 heteroatoms. The van der Waals surface area contributed by atoms with Crippen LogP contribution >= 0.6 is 35.0 Å². The van der Waals surface area contributed by atoms with E-state index in [1.165, 1.54) is 24.8 Å². The van der Waals surface area contributed by atoms with Gasteiger partial charge in [-0.05, 0) is 25.3 Å². The number of thioether (sulfide) groups is 1. The molecule has 2 rings (SSSR count). The molecule has 0 bridgehead atoms. The standard InChI is InChI=1S/C12H9Cl2NO2S/c1-5(16)8-11(17)9-6(13)3-4-7(14)10(9)15-12(8)18-2/h3-4,8H,1-2H3. The van der Waals surface area contributed by atoms with E-state index >= 15 is 0 Å². The maximum absolute atomic E-state index is 12.3. The second-order valence-electron chi connectivity index (χ2n) is 3.81. The van der Waals surface area contributed by atoms with Gasteiger partial charge in [-0.25, -0.2) is 4.99 Å². The number of carbonyl (C=O) groups is 2. The summed E-state index contributed by atoms with van der Waals surface area (Å²) in [4.78, 5) is 28.2. The van der Waals surface area contributed by atoms with Crippen molar-refractivity contribution < 1.29 is 9.59 Å². The zero-order valence-corrected chi connectivity index (χ0v) is 12.0. The lowest BCUT2D eigenvalue weighted by Crippen LogP contribution is -2.31. The molecule has 1 atom stereocenters. The molecule has 0 fully saturated rings. The number of aliphatic imine (C=N–C) groups is 1. The molecule has 0 radical (unpaired) electrons. The fourth-order valence-corrected chi connectivity index (χ4v) is 2.97. The molecule has 1 unspecified atom stereocenters. The number of halogens is 2. The summed E-state index contributed by atoms with van der Waals surface area (Å²) in [6.07, 6.45) is 1.77. The highest BCUT2D eigenvalue weighted by Crippen LogP contribution is 2.40. The third-order valence-electron chi connectivity index (χ3n) is 2.67. The van der Waals surface area contributed by atoms with E-state index in [9.17, 15) is 9.59 Å². The van der Waals surface area contributed by atoms with Crippen LogP contribution in [0.25, 0.3) is 0 Å². The number of ketones is 2. The summed E-state index contributed by atoms with van der Waals surface area (Å²) in [7, 11) is 0. The molecule has 1 aliphatic heterocycles. The minimum Gasteiger partial charge on any atom is -0.299 e. The van der Waals surface area contributed by atoms with Crippen LogP contribution in [0, 0.1) is 5.92 Å². The maximum atomic E-state index is 12.3. The predicted molar refractivity (Wildman–Crippen MR) is 75.6 cm³/mol. The van der Waals surface area contributed by atoms with Crippen molar-refractivity contribution in [1.29, 1.82) is 0 Å². The normalized spacial score (nSPS) is 18.3. The van der Waals surface area contributed by atoms with E-state index in [1.807, 2.05) is 0 Å². The van der Waals surface area contributed by atoms with Gasteiger partial charge in [0, 0.05) is 0 Å². The third kappa shape index (κ3) is 2.09. The summed E-state index contributed by atoms with van der Waals surface area (Å²) in [5.74, 6) is -1.43. The molecule has 0 amide bonds. The Morgan fingerprint density at radius 3 is 2.50 bits per heavy atom. The Balaban J connectivity index is 2.73. The third-order valence-corrected chi connectivity index (χ3v) is 4.04. The van der Waals surface area contributed by atoms with Crippen LogP contribution in [0.1, 0.15) is 17.3 Å². The lowest BCUT2D eigenvalue weighted by Gasteiger charge is -2.21. The van der Waals surface area contributed by atoms with E-state index < -0.39 is 5.92 Å². The highest BCUT2D eigenvalue weighted by Gasteiger charge is 2.36. The van der Waals surface area contributed by atoms with E-state index in [-0.39, 0.29) is 22.2 Å². The molecule has 0 saturated carbocycles. The van der Waals surface area contributed by atoms with Crippen molar-refractivity contribution in [1.82, 2.24) is 0 Å². The van der Waals surface area contributed by atoms with Gasteiger partial charge >= 0.3 is 0 Å². The van der Waals surface area contributed by atoms with Gasteiger partial charge in [-0.1, -0.05) is 23.2 Å². The van der Waals surface area contributed by atoms with Crippen molar-refractivity contribution in [3.8, 4) is 0 Å². The molecule has 18 heavy (non-hydrogen) atoms. The Bertz CT molecular complexity index is 584. The molecular weight excluding hydrogens is 293 g/mol. The average molecular weight is 302 g/mol. The van der Waals surface area contributed by atoms with Gasteiger partial charge in [-0.15, -0.1) is 11.8 Å². The van der Waals surface area contributed by atoms with Gasteiger partial charge in [-0.2, -0.15) is 0 Å². The molecule has 0 spiro atoms. The number of rotatable bonds is 1. The first kappa shape index (κ1) is 13.6. The lowest BCUT2D eigenvalue weighted by atomic mass is 9.91. The topological polar surface area (TPSA) is 46.5 Å². The second kappa shape index (κ2) is 5.03.